The summed E-state index contributed by atoms with van der Waals surface area (Å²) in [6.07, 6.45) is -5.05. The Labute approximate surface area is 153 Å². The van der Waals surface area contributed by atoms with Gasteiger partial charge in [0.25, 0.3) is 0 Å². The van der Waals surface area contributed by atoms with Crippen LogP contribution in [-0.2, 0) is 4.74 Å². The van der Waals surface area contributed by atoms with Gasteiger partial charge in [0.15, 0.2) is 5.82 Å². The molecule has 0 aliphatic heterocycles. The van der Waals surface area contributed by atoms with Crippen molar-refractivity contribution in [2.45, 2.75) is 46.3 Å². The van der Waals surface area contributed by atoms with Gasteiger partial charge in [-0.1, -0.05) is 12.5 Å². The Balaban J connectivity index is 3.85. The van der Waals surface area contributed by atoms with Crippen molar-refractivity contribution in [3.63, 3.8) is 0 Å². The molecule has 0 amide bonds. The van der Waals surface area contributed by atoms with E-state index in [0.29, 0.717) is 11.6 Å². The number of benzene rings is 1. The molecule has 0 spiro atoms. The number of hydrogen-bond donors (Lipinski definition) is 2. The zero-order valence-corrected chi connectivity index (χ0v) is 15.6. The monoisotopic (exact) mass is 392 g/mol. The molecule has 1 rings (SSSR count). The van der Waals surface area contributed by atoms with Gasteiger partial charge in [0.05, 0.1) is 7.11 Å². The summed E-state index contributed by atoms with van der Waals surface area (Å²) in [7, 11) is 0.924. The van der Waals surface area contributed by atoms with Crippen LogP contribution in [0.4, 0.5) is 27.6 Å². The Morgan fingerprint density at radius 2 is 1.78 bits per heavy atom. The average Bonchev–Trinajstić information content (AvgIpc) is 2.53. The fourth-order valence-corrected chi connectivity index (χ4v) is 2.68. The molecule has 0 saturated carbocycles. The van der Waals surface area contributed by atoms with Crippen molar-refractivity contribution in [2.24, 2.45) is 0 Å². The third-order valence-electron chi connectivity index (χ3n) is 3.87. The van der Waals surface area contributed by atoms with Gasteiger partial charge in [-0.05, 0) is 33.3 Å². The molecule has 1 aromatic rings. The number of esters is 1. The molecule has 0 saturated heterocycles. The first-order valence-corrected chi connectivity index (χ1v) is 8.03. The number of carbonyl (C=O) groups excluding carboxylic acids is 1. The van der Waals surface area contributed by atoms with Crippen molar-refractivity contribution < 1.29 is 31.5 Å². The number of carbonyl (C=O) groups is 1. The maximum atomic E-state index is 15.1. The number of halogens is 5. The summed E-state index contributed by atoms with van der Waals surface area (Å²) in [5, 5.41) is 9.96. The van der Waals surface area contributed by atoms with Crippen LogP contribution in [-0.4, -0.2) is 31.0 Å². The first-order valence-electron chi connectivity index (χ1n) is 8.03. The van der Waals surface area contributed by atoms with Gasteiger partial charge in [-0.25, -0.2) is 13.6 Å². The lowest BCUT2D eigenvalue weighted by Crippen LogP contribution is -2.36. The number of hydrogen-bond acceptors (Lipinski definition) is 4. The molecule has 0 radical (unpaired) electrons. The summed E-state index contributed by atoms with van der Waals surface area (Å²) >= 11 is 0. The minimum Gasteiger partial charge on any atom is -0.465 e. The normalized spacial score (nSPS) is 12.4. The van der Waals surface area contributed by atoms with E-state index in [0.717, 1.165) is 7.11 Å². The maximum absolute atomic E-state index is 15.1. The Morgan fingerprint density at radius 3 is 2.15 bits per heavy atom. The third-order valence-corrected chi connectivity index (χ3v) is 3.87. The first-order chi connectivity index (χ1) is 12.4. The van der Waals surface area contributed by atoms with Gasteiger partial charge in [-0.3, -0.25) is 0 Å². The highest BCUT2D eigenvalue weighted by Gasteiger charge is 2.39. The SMILES string of the molecule is CCC(Nc1cc(F)c(C(=O)OC)c(F)c1C(C(C)=N)=C(C)C)C(F)(F)F. The van der Waals surface area contributed by atoms with Gasteiger partial charge < -0.3 is 15.5 Å². The van der Waals surface area contributed by atoms with Gasteiger partial charge in [0, 0.05) is 22.5 Å². The van der Waals surface area contributed by atoms with E-state index in [1.54, 1.807) is 0 Å². The molecule has 0 aliphatic rings. The Morgan fingerprint density at radius 1 is 1.22 bits per heavy atom. The number of rotatable bonds is 6. The topological polar surface area (TPSA) is 62.2 Å². The first kappa shape index (κ1) is 22.6. The molecule has 1 unspecified atom stereocenters. The molecule has 27 heavy (non-hydrogen) atoms. The molecule has 0 aliphatic carbocycles. The molecular weight excluding hydrogens is 371 g/mol. The van der Waals surface area contributed by atoms with Crippen molar-refractivity contribution in [3.05, 3.63) is 34.4 Å². The summed E-state index contributed by atoms with van der Waals surface area (Å²) in [6.45, 7) is 5.63. The molecule has 2 N–H and O–H groups in total. The Hall–Kier alpha value is -2.45. The summed E-state index contributed by atoms with van der Waals surface area (Å²) < 4.78 is 73.2. The highest BCUT2D eigenvalue weighted by molar-refractivity contribution is 6.23. The lowest BCUT2D eigenvalue weighted by molar-refractivity contribution is -0.142. The van der Waals surface area contributed by atoms with E-state index < -0.39 is 53.1 Å². The molecule has 150 valence electrons. The second kappa shape index (κ2) is 8.49. The van der Waals surface area contributed by atoms with Gasteiger partial charge in [-0.15, -0.1) is 0 Å². The van der Waals surface area contributed by atoms with Gasteiger partial charge in [-0.2, -0.15) is 13.2 Å². The summed E-state index contributed by atoms with van der Waals surface area (Å²) in [4.78, 5) is 11.7. The minimum atomic E-state index is -4.66. The van der Waals surface area contributed by atoms with Crippen molar-refractivity contribution in [1.29, 1.82) is 5.41 Å². The second-order valence-corrected chi connectivity index (χ2v) is 6.11. The third kappa shape index (κ3) is 4.84. The quantitative estimate of drug-likeness (QED) is 0.390. The smallest absolute Gasteiger partial charge is 0.408 e. The molecule has 1 aromatic carbocycles. The van der Waals surface area contributed by atoms with Crippen LogP contribution < -0.4 is 5.32 Å². The number of ether oxygens (including phenoxy) is 1. The van der Waals surface area contributed by atoms with Crippen LogP contribution in [0.15, 0.2) is 11.6 Å². The molecule has 0 fully saturated rings. The van der Waals surface area contributed by atoms with Gasteiger partial charge in [0.2, 0.25) is 0 Å². The van der Waals surface area contributed by atoms with E-state index in [1.807, 2.05) is 0 Å². The molecule has 9 heteroatoms. The predicted molar refractivity (Wildman–Crippen MR) is 93.1 cm³/mol. The highest BCUT2D eigenvalue weighted by atomic mass is 19.4. The number of alkyl halides is 3. The molecule has 0 bridgehead atoms. The number of methoxy groups -OCH3 is 1. The van der Waals surface area contributed by atoms with Crippen LogP contribution in [0.2, 0.25) is 0 Å². The van der Waals surface area contributed by atoms with Crippen molar-refractivity contribution >= 4 is 22.9 Å². The van der Waals surface area contributed by atoms with Crippen molar-refractivity contribution in [1.82, 2.24) is 0 Å². The fraction of sp³-hybridized carbons (Fsp3) is 0.444. The minimum absolute atomic E-state index is 0.0304. The van der Waals surface area contributed by atoms with Gasteiger partial charge in [0.1, 0.15) is 17.4 Å². The van der Waals surface area contributed by atoms with E-state index in [1.165, 1.54) is 27.7 Å². The van der Waals surface area contributed by atoms with E-state index in [4.69, 9.17) is 5.41 Å². The molecular formula is C18H21F5N2O2. The van der Waals surface area contributed by atoms with E-state index in [9.17, 15) is 22.4 Å². The predicted octanol–water partition coefficient (Wildman–Crippen LogP) is 5.34. The zero-order chi connectivity index (χ0) is 21.1. The lowest BCUT2D eigenvalue weighted by Gasteiger charge is -2.25. The van der Waals surface area contributed by atoms with E-state index in [2.05, 4.69) is 10.1 Å². The highest BCUT2D eigenvalue weighted by Crippen LogP contribution is 2.36. The van der Waals surface area contributed by atoms with Crippen LogP contribution in [0.5, 0.6) is 0 Å². The second-order valence-electron chi connectivity index (χ2n) is 6.11. The number of allylic oxidation sites excluding steroid dienone is 2. The van der Waals surface area contributed by atoms with Crippen LogP contribution in [0.3, 0.4) is 0 Å². The zero-order valence-electron chi connectivity index (χ0n) is 15.6. The maximum Gasteiger partial charge on any atom is 0.408 e. The lowest BCUT2D eigenvalue weighted by atomic mass is 9.92. The van der Waals surface area contributed by atoms with Crippen molar-refractivity contribution in [2.75, 3.05) is 12.4 Å². The molecule has 0 aromatic heterocycles. The molecule has 4 nitrogen and oxygen atoms in total. The van der Waals surface area contributed by atoms with Crippen LogP contribution in [0, 0.1) is 17.0 Å². The Kier molecular flexibility index (Phi) is 7.11. The van der Waals surface area contributed by atoms with Crippen LogP contribution in [0.25, 0.3) is 5.57 Å². The van der Waals surface area contributed by atoms with Crippen molar-refractivity contribution in [3.8, 4) is 0 Å². The summed E-state index contributed by atoms with van der Waals surface area (Å²) in [6, 6.07) is -1.45. The molecule has 0 heterocycles. The fourth-order valence-electron chi connectivity index (χ4n) is 2.68. The van der Waals surface area contributed by atoms with Gasteiger partial charge >= 0.3 is 12.1 Å². The Bertz CT molecular complexity index is 781. The molecule has 1 atom stereocenters. The summed E-state index contributed by atoms with van der Waals surface area (Å²) in [5.41, 5.74) is -1.78. The summed E-state index contributed by atoms with van der Waals surface area (Å²) in [5.74, 6) is -4.06. The number of anilines is 1. The average molecular weight is 392 g/mol. The number of nitrogens with one attached hydrogen (secondary N) is 2. The standard InChI is InChI=1S/C18H21F5N2O2/c1-6-12(18(21,22)23)25-11-7-10(19)14(17(26)27-5)16(20)15(11)13(8(2)3)9(4)24/h7,12,24-25H,6H2,1-5H3. The van der Waals surface area contributed by atoms with Crippen LogP contribution >= 0.6 is 0 Å². The van der Waals surface area contributed by atoms with Crippen LogP contribution in [0.1, 0.15) is 50.0 Å². The van der Waals surface area contributed by atoms with E-state index >= 15 is 4.39 Å². The largest absolute Gasteiger partial charge is 0.465 e. The van der Waals surface area contributed by atoms with E-state index in [-0.39, 0.29) is 11.3 Å².